The van der Waals surface area contributed by atoms with Crippen molar-refractivity contribution in [3.63, 3.8) is 0 Å². The van der Waals surface area contributed by atoms with E-state index in [2.05, 4.69) is 6.58 Å². The SMILES string of the molecule is C=CCN1C(=O)OC[C@H]1c1ccccc1. The average molecular weight is 203 g/mol. The maximum absolute atomic E-state index is 11.4. The highest BCUT2D eigenvalue weighted by atomic mass is 16.6. The van der Waals surface area contributed by atoms with Gasteiger partial charge in [0.25, 0.3) is 0 Å². The molecule has 1 atom stereocenters. The molecule has 3 nitrogen and oxygen atoms in total. The predicted molar refractivity (Wildman–Crippen MR) is 57.4 cm³/mol. The summed E-state index contributed by atoms with van der Waals surface area (Å²) in [7, 11) is 0. The molecule has 1 heterocycles. The molecule has 0 radical (unpaired) electrons. The Labute approximate surface area is 89.0 Å². The van der Waals surface area contributed by atoms with Crippen LogP contribution < -0.4 is 0 Å². The number of ether oxygens (including phenoxy) is 1. The van der Waals surface area contributed by atoms with Gasteiger partial charge in [0.15, 0.2) is 0 Å². The number of carbonyl (C=O) groups is 1. The fourth-order valence-corrected chi connectivity index (χ4v) is 1.74. The lowest BCUT2D eigenvalue weighted by molar-refractivity contribution is 0.160. The van der Waals surface area contributed by atoms with Crippen LogP contribution in [0.2, 0.25) is 0 Å². The van der Waals surface area contributed by atoms with Crippen LogP contribution in [-0.4, -0.2) is 24.1 Å². The molecular weight excluding hydrogens is 190 g/mol. The zero-order valence-corrected chi connectivity index (χ0v) is 8.43. The van der Waals surface area contributed by atoms with Crippen molar-refractivity contribution in [2.24, 2.45) is 0 Å². The van der Waals surface area contributed by atoms with Crippen LogP contribution in [0.1, 0.15) is 11.6 Å². The van der Waals surface area contributed by atoms with E-state index < -0.39 is 0 Å². The quantitative estimate of drug-likeness (QED) is 0.706. The van der Waals surface area contributed by atoms with E-state index in [-0.39, 0.29) is 12.1 Å². The molecule has 0 aliphatic carbocycles. The number of nitrogens with zero attached hydrogens (tertiary/aromatic N) is 1. The summed E-state index contributed by atoms with van der Waals surface area (Å²) in [5, 5.41) is 0. The highest BCUT2D eigenvalue weighted by molar-refractivity contribution is 5.70. The third-order valence-electron chi connectivity index (χ3n) is 2.49. The Morgan fingerprint density at radius 3 is 2.87 bits per heavy atom. The van der Waals surface area contributed by atoms with Gasteiger partial charge < -0.3 is 4.74 Å². The highest BCUT2D eigenvalue weighted by Crippen LogP contribution is 2.26. The summed E-state index contributed by atoms with van der Waals surface area (Å²) in [5.74, 6) is 0. The van der Waals surface area contributed by atoms with Gasteiger partial charge in [-0.15, -0.1) is 6.58 Å². The first kappa shape index (κ1) is 9.77. The van der Waals surface area contributed by atoms with Crippen LogP contribution in [0.15, 0.2) is 43.0 Å². The molecular formula is C12H13NO2. The zero-order valence-electron chi connectivity index (χ0n) is 8.43. The van der Waals surface area contributed by atoms with Crippen molar-refractivity contribution >= 4 is 6.09 Å². The summed E-state index contributed by atoms with van der Waals surface area (Å²) in [6, 6.07) is 9.91. The van der Waals surface area contributed by atoms with Crippen molar-refractivity contribution < 1.29 is 9.53 Å². The smallest absolute Gasteiger partial charge is 0.410 e. The number of benzene rings is 1. The lowest BCUT2D eigenvalue weighted by Gasteiger charge is -2.19. The van der Waals surface area contributed by atoms with Crippen molar-refractivity contribution in [2.45, 2.75) is 6.04 Å². The third-order valence-corrected chi connectivity index (χ3v) is 2.49. The Morgan fingerprint density at radius 2 is 2.20 bits per heavy atom. The summed E-state index contributed by atoms with van der Waals surface area (Å²) in [6.45, 7) is 4.59. The Morgan fingerprint density at radius 1 is 1.47 bits per heavy atom. The molecule has 1 fully saturated rings. The molecule has 15 heavy (non-hydrogen) atoms. The maximum Gasteiger partial charge on any atom is 0.410 e. The third kappa shape index (κ3) is 1.86. The number of rotatable bonds is 3. The molecule has 0 bridgehead atoms. The second-order valence-corrected chi connectivity index (χ2v) is 3.44. The normalized spacial score (nSPS) is 20.1. The topological polar surface area (TPSA) is 29.5 Å². The zero-order chi connectivity index (χ0) is 10.7. The first-order valence-corrected chi connectivity index (χ1v) is 4.92. The minimum Gasteiger partial charge on any atom is -0.447 e. The van der Waals surface area contributed by atoms with E-state index in [9.17, 15) is 4.79 Å². The molecule has 1 aliphatic rings. The fourth-order valence-electron chi connectivity index (χ4n) is 1.74. The van der Waals surface area contributed by atoms with E-state index in [1.807, 2.05) is 30.3 Å². The van der Waals surface area contributed by atoms with Gasteiger partial charge >= 0.3 is 6.09 Å². The van der Waals surface area contributed by atoms with Gasteiger partial charge in [0, 0.05) is 6.54 Å². The second-order valence-electron chi connectivity index (χ2n) is 3.44. The highest BCUT2D eigenvalue weighted by Gasteiger charge is 2.32. The first-order chi connectivity index (χ1) is 7.33. The van der Waals surface area contributed by atoms with Gasteiger partial charge in [-0.25, -0.2) is 4.79 Å². The van der Waals surface area contributed by atoms with Crippen molar-refractivity contribution in [3.8, 4) is 0 Å². The minimum atomic E-state index is -0.260. The second kappa shape index (κ2) is 4.17. The van der Waals surface area contributed by atoms with E-state index in [1.54, 1.807) is 11.0 Å². The molecule has 0 N–H and O–H groups in total. The van der Waals surface area contributed by atoms with Crippen molar-refractivity contribution in [1.29, 1.82) is 0 Å². The van der Waals surface area contributed by atoms with E-state index in [0.717, 1.165) is 5.56 Å². The van der Waals surface area contributed by atoms with Gasteiger partial charge in [-0.1, -0.05) is 36.4 Å². The maximum atomic E-state index is 11.4. The van der Waals surface area contributed by atoms with Crippen molar-refractivity contribution in [1.82, 2.24) is 4.90 Å². The van der Waals surface area contributed by atoms with Crippen LogP contribution in [0, 0.1) is 0 Å². The van der Waals surface area contributed by atoms with E-state index in [1.165, 1.54) is 0 Å². The van der Waals surface area contributed by atoms with Gasteiger partial charge in [-0.3, -0.25) is 4.90 Å². The largest absolute Gasteiger partial charge is 0.447 e. The van der Waals surface area contributed by atoms with Gasteiger partial charge in [-0.2, -0.15) is 0 Å². The van der Waals surface area contributed by atoms with Crippen molar-refractivity contribution in [2.75, 3.05) is 13.2 Å². The predicted octanol–water partition coefficient (Wildman–Crippen LogP) is 2.37. The Kier molecular flexibility index (Phi) is 2.72. The Bertz CT molecular complexity index is 361. The number of hydrogen-bond acceptors (Lipinski definition) is 2. The summed E-state index contributed by atoms with van der Waals surface area (Å²) < 4.78 is 5.02. The molecule has 3 heteroatoms. The van der Waals surface area contributed by atoms with Gasteiger partial charge in [-0.05, 0) is 5.56 Å². The van der Waals surface area contributed by atoms with Crippen LogP contribution in [-0.2, 0) is 4.74 Å². The molecule has 2 rings (SSSR count). The van der Waals surface area contributed by atoms with E-state index in [0.29, 0.717) is 13.2 Å². The van der Waals surface area contributed by atoms with Crippen LogP contribution in [0.3, 0.4) is 0 Å². The van der Waals surface area contributed by atoms with Gasteiger partial charge in [0.1, 0.15) is 6.61 Å². The molecule has 1 aliphatic heterocycles. The molecule has 1 aromatic carbocycles. The van der Waals surface area contributed by atoms with E-state index in [4.69, 9.17) is 4.74 Å². The lowest BCUT2D eigenvalue weighted by Crippen LogP contribution is -2.27. The molecule has 0 saturated carbocycles. The molecule has 78 valence electrons. The van der Waals surface area contributed by atoms with Gasteiger partial charge in [0.05, 0.1) is 6.04 Å². The summed E-state index contributed by atoms with van der Waals surface area (Å²) in [5.41, 5.74) is 1.10. The van der Waals surface area contributed by atoms with Crippen LogP contribution >= 0.6 is 0 Å². The average Bonchev–Trinajstić information content (AvgIpc) is 2.63. The summed E-state index contributed by atoms with van der Waals surface area (Å²) in [4.78, 5) is 13.1. The Balaban J connectivity index is 2.22. The molecule has 0 spiro atoms. The number of carbonyl (C=O) groups excluding carboxylic acids is 1. The van der Waals surface area contributed by atoms with Crippen LogP contribution in [0.5, 0.6) is 0 Å². The number of amides is 1. The molecule has 0 aromatic heterocycles. The van der Waals surface area contributed by atoms with Crippen LogP contribution in [0.4, 0.5) is 4.79 Å². The molecule has 1 saturated heterocycles. The first-order valence-electron chi connectivity index (χ1n) is 4.92. The summed E-state index contributed by atoms with van der Waals surface area (Å²) in [6.07, 6.45) is 1.45. The monoisotopic (exact) mass is 203 g/mol. The van der Waals surface area contributed by atoms with Crippen molar-refractivity contribution in [3.05, 3.63) is 48.6 Å². The lowest BCUT2D eigenvalue weighted by atomic mass is 10.1. The minimum absolute atomic E-state index is 0.0247. The standard InChI is InChI=1S/C12H13NO2/c1-2-8-13-11(9-15-12(13)14)10-6-4-3-5-7-10/h2-7,11H,1,8-9H2/t11-/m0/s1. The fraction of sp³-hybridized carbons (Fsp3) is 0.250. The molecule has 1 amide bonds. The molecule has 0 unspecified atom stereocenters. The number of cyclic esters (lactones) is 1. The molecule has 1 aromatic rings. The Hall–Kier alpha value is -1.77. The van der Waals surface area contributed by atoms with Crippen LogP contribution in [0.25, 0.3) is 0 Å². The van der Waals surface area contributed by atoms with Gasteiger partial charge in [0.2, 0.25) is 0 Å². The van der Waals surface area contributed by atoms with E-state index >= 15 is 0 Å². The summed E-state index contributed by atoms with van der Waals surface area (Å²) >= 11 is 0. The number of hydrogen-bond donors (Lipinski definition) is 0.